The van der Waals surface area contributed by atoms with Gasteiger partial charge in [-0.2, -0.15) is 0 Å². The van der Waals surface area contributed by atoms with Crippen molar-refractivity contribution in [1.82, 2.24) is 5.32 Å². The van der Waals surface area contributed by atoms with Crippen LogP contribution in [0.2, 0.25) is 0 Å². The van der Waals surface area contributed by atoms with Crippen LogP contribution in [0.3, 0.4) is 0 Å². The summed E-state index contributed by atoms with van der Waals surface area (Å²) < 4.78 is 10.5. The number of furan rings is 1. The lowest BCUT2D eigenvalue weighted by atomic mass is 10.3. The fourth-order valence-electron chi connectivity index (χ4n) is 1.64. The van der Waals surface area contributed by atoms with Crippen molar-refractivity contribution in [1.29, 1.82) is 0 Å². The number of non-ortho nitro benzene ring substituents is 1. The molecule has 7 heteroatoms. The molecule has 0 radical (unpaired) electrons. The zero-order chi connectivity index (χ0) is 15.2. The Morgan fingerprint density at radius 3 is 2.67 bits per heavy atom. The van der Waals surface area contributed by atoms with E-state index < -0.39 is 11.0 Å². The molecule has 1 aromatic heterocycles. The van der Waals surface area contributed by atoms with E-state index >= 15 is 0 Å². The number of carbonyl (C=O) groups excluding carboxylic acids is 1. The minimum atomic E-state index is -0.721. The van der Waals surface area contributed by atoms with Gasteiger partial charge >= 0.3 is 0 Å². The second kappa shape index (κ2) is 6.56. The van der Waals surface area contributed by atoms with Crippen LogP contribution in [-0.4, -0.2) is 16.9 Å². The molecule has 0 aliphatic rings. The first-order valence-corrected chi connectivity index (χ1v) is 6.27. The number of nitrogens with zero attached hydrogens (tertiary/aromatic N) is 1. The zero-order valence-electron chi connectivity index (χ0n) is 11.3. The minimum absolute atomic E-state index is 0.0303. The highest BCUT2D eigenvalue weighted by molar-refractivity contribution is 5.80. The number of ether oxygens (including phenoxy) is 1. The van der Waals surface area contributed by atoms with Crippen molar-refractivity contribution in [2.24, 2.45) is 0 Å². The molecule has 2 aromatic rings. The molecule has 0 aliphatic heterocycles. The van der Waals surface area contributed by atoms with Crippen molar-refractivity contribution in [3.05, 3.63) is 58.5 Å². The summed E-state index contributed by atoms with van der Waals surface area (Å²) in [5, 5.41) is 13.2. The van der Waals surface area contributed by atoms with E-state index in [-0.39, 0.29) is 18.1 Å². The monoisotopic (exact) mass is 290 g/mol. The van der Waals surface area contributed by atoms with Gasteiger partial charge in [0.05, 0.1) is 17.7 Å². The molecule has 1 atom stereocenters. The van der Waals surface area contributed by atoms with E-state index in [1.807, 2.05) is 0 Å². The molecule has 0 bridgehead atoms. The van der Waals surface area contributed by atoms with E-state index in [2.05, 4.69) is 5.32 Å². The Bertz CT molecular complexity index is 607. The Balaban J connectivity index is 1.86. The molecule has 0 fully saturated rings. The Hall–Kier alpha value is -2.83. The summed E-state index contributed by atoms with van der Waals surface area (Å²) in [4.78, 5) is 21.9. The third kappa shape index (κ3) is 4.07. The maximum Gasteiger partial charge on any atom is 0.269 e. The average Bonchev–Trinajstić information content (AvgIpc) is 2.98. The van der Waals surface area contributed by atoms with Crippen molar-refractivity contribution in [3.63, 3.8) is 0 Å². The predicted molar refractivity (Wildman–Crippen MR) is 73.7 cm³/mol. The summed E-state index contributed by atoms with van der Waals surface area (Å²) in [6.07, 6.45) is 0.805. The summed E-state index contributed by atoms with van der Waals surface area (Å²) in [5.41, 5.74) is -0.0303. The van der Waals surface area contributed by atoms with Crippen molar-refractivity contribution >= 4 is 11.6 Å². The molecule has 1 amide bonds. The van der Waals surface area contributed by atoms with Gasteiger partial charge in [-0.05, 0) is 31.2 Å². The molecule has 1 aromatic carbocycles. The van der Waals surface area contributed by atoms with Gasteiger partial charge in [-0.1, -0.05) is 0 Å². The fraction of sp³-hybridized carbons (Fsp3) is 0.214. The Labute approximate surface area is 120 Å². The van der Waals surface area contributed by atoms with Crippen LogP contribution in [-0.2, 0) is 11.3 Å². The summed E-state index contributed by atoms with van der Waals surface area (Å²) >= 11 is 0. The molecule has 0 aliphatic carbocycles. The fourth-order valence-corrected chi connectivity index (χ4v) is 1.64. The highest BCUT2D eigenvalue weighted by atomic mass is 16.6. The largest absolute Gasteiger partial charge is 0.481 e. The van der Waals surface area contributed by atoms with E-state index in [9.17, 15) is 14.9 Å². The van der Waals surface area contributed by atoms with Crippen LogP contribution in [0.5, 0.6) is 5.75 Å². The molecule has 21 heavy (non-hydrogen) atoms. The van der Waals surface area contributed by atoms with E-state index in [0.717, 1.165) is 0 Å². The Morgan fingerprint density at radius 1 is 1.38 bits per heavy atom. The number of benzene rings is 1. The first-order valence-electron chi connectivity index (χ1n) is 6.27. The number of hydrogen-bond acceptors (Lipinski definition) is 5. The average molecular weight is 290 g/mol. The third-order valence-electron chi connectivity index (χ3n) is 2.75. The highest BCUT2D eigenvalue weighted by Crippen LogP contribution is 2.18. The van der Waals surface area contributed by atoms with Gasteiger partial charge in [0.25, 0.3) is 11.6 Å². The lowest BCUT2D eigenvalue weighted by Crippen LogP contribution is -2.35. The van der Waals surface area contributed by atoms with Gasteiger partial charge in [-0.25, -0.2) is 0 Å². The normalized spacial score (nSPS) is 11.7. The minimum Gasteiger partial charge on any atom is -0.481 e. The zero-order valence-corrected chi connectivity index (χ0v) is 11.3. The first kappa shape index (κ1) is 14.6. The molecule has 1 heterocycles. The second-order valence-corrected chi connectivity index (χ2v) is 4.31. The SMILES string of the molecule is C[C@H](Oc1ccc([N+](=O)[O-])cc1)C(=O)NCc1ccco1. The van der Waals surface area contributed by atoms with Crippen molar-refractivity contribution in [2.45, 2.75) is 19.6 Å². The quantitative estimate of drug-likeness (QED) is 0.650. The molecule has 0 saturated carbocycles. The van der Waals surface area contributed by atoms with E-state index in [1.54, 1.807) is 19.1 Å². The number of nitrogens with one attached hydrogen (secondary N) is 1. The van der Waals surface area contributed by atoms with Crippen LogP contribution in [0, 0.1) is 10.1 Å². The molecule has 7 nitrogen and oxygen atoms in total. The topological polar surface area (TPSA) is 94.6 Å². The number of rotatable bonds is 6. The number of nitro groups is 1. The van der Waals surface area contributed by atoms with Crippen LogP contribution in [0.15, 0.2) is 47.1 Å². The van der Waals surface area contributed by atoms with Crippen LogP contribution in [0.4, 0.5) is 5.69 Å². The van der Waals surface area contributed by atoms with Gasteiger partial charge in [0, 0.05) is 12.1 Å². The van der Waals surface area contributed by atoms with Gasteiger partial charge in [-0.3, -0.25) is 14.9 Å². The van der Waals surface area contributed by atoms with Crippen molar-refractivity contribution < 1.29 is 18.9 Å². The van der Waals surface area contributed by atoms with Gasteiger partial charge in [0.2, 0.25) is 0 Å². The van der Waals surface area contributed by atoms with Gasteiger partial charge < -0.3 is 14.5 Å². The van der Waals surface area contributed by atoms with E-state index in [1.165, 1.54) is 30.5 Å². The molecular formula is C14H14N2O5. The molecular weight excluding hydrogens is 276 g/mol. The lowest BCUT2D eigenvalue weighted by Gasteiger charge is -2.14. The third-order valence-corrected chi connectivity index (χ3v) is 2.75. The summed E-state index contributed by atoms with van der Waals surface area (Å²) in [5.74, 6) is 0.733. The van der Waals surface area contributed by atoms with Crippen LogP contribution in [0.25, 0.3) is 0 Å². The summed E-state index contributed by atoms with van der Waals surface area (Å²) in [6, 6.07) is 9.04. The summed E-state index contributed by atoms with van der Waals surface area (Å²) in [7, 11) is 0. The Kier molecular flexibility index (Phi) is 4.55. The molecule has 110 valence electrons. The van der Waals surface area contributed by atoms with Gasteiger partial charge in [0.1, 0.15) is 11.5 Å². The van der Waals surface area contributed by atoms with E-state index in [4.69, 9.17) is 9.15 Å². The maximum absolute atomic E-state index is 11.8. The molecule has 0 unspecified atom stereocenters. The molecule has 1 N–H and O–H groups in total. The first-order chi connectivity index (χ1) is 10.1. The van der Waals surface area contributed by atoms with Gasteiger partial charge in [0.15, 0.2) is 6.10 Å². The predicted octanol–water partition coefficient (Wildman–Crippen LogP) is 2.27. The highest BCUT2D eigenvalue weighted by Gasteiger charge is 2.15. The van der Waals surface area contributed by atoms with Gasteiger partial charge in [-0.15, -0.1) is 0 Å². The number of hydrogen-bond donors (Lipinski definition) is 1. The lowest BCUT2D eigenvalue weighted by molar-refractivity contribution is -0.384. The second-order valence-electron chi connectivity index (χ2n) is 4.31. The molecule has 2 rings (SSSR count). The smallest absolute Gasteiger partial charge is 0.269 e. The van der Waals surface area contributed by atoms with Crippen molar-refractivity contribution in [3.8, 4) is 5.75 Å². The van der Waals surface area contributed by atoms with Crippen LogP contribution in [0.1, 0.15) is 12.7 Å². The van der Waals surface area contributed by atoms with Crippen LogP contribution >= 0.6 is 0 Å². The number of amides is 1. The maximum atomic E-state index is 11.8. The van der Waals surface area contributed by atoms with E-state index in [0.29, 0.717) is 11.5 Å². The number of carbonyl (C=O) groups is 1. The molecule has 0 spiro atoms. The summed E-state index contributed by atoms with van der Waals surface area (Å²) in [6.45, 7) is 1.87. The standard InChI is InChI=1S/C14H14N2O5/c1-10(14(17)15-9-13-3-2-8-20-13)21-12-6-4-11(5-7-12)16(18)19/h2-8,10H,9H2,1H3,(H,15,17)/t10-/m0/s1. The number of nitro benzene ring substituents is 1. The van der Waals surface area contributed by atoms with Crippen molar-refractivity contribution in [2.75, 3.05) is 0 Å². The Morgan fingerprint density at radius 2 is 2.10 bits per heavy atom. The van der Waals surface area contributed by atoms with Crippen LogP contribution < -0.4 is 10.1 Å². The molecule has 0 saturated heterocycles.